The monoisotopic (exact) mass is 305 g/mol. The van der Waals surface area contributed by atoms with Crippen molar-refractivity contribution in [3.63, 3.8) is 0 Å². The largest absolute Gasteiger partial charge is 0.444 e. The Morgan fingerprint density at radius 1 is 1.27 bits per heavy atom. The highest BCUT2D eigenvalue weighted by Gasteiger charge is 2.59. The normalized spacial score (nSPS) is 27.0. The smallest absolute Gasteiger partial charge is 0.410 e. The molecule has 22 heavy (non-hydrogen) atoms. The molecular formula is C17H27N3O2. The number of hydrogen-bond acceptors (Lipinski definition) is 3. The van der Waals surface area contributed by atoms with E-state index in [1.807, 2.05) is 25.7 Å². The summed E-state index contributed by atoms with van der Waals surface area (Å²) >= 11 is 0. The summed E-state index contributed by atoms with van der Waals surface area (Å²) in [6, 6.07) is 0. The number of carbonyl (C=O) groups excluding carboxylic acids is 1. The zero-order chi connectivity index (χ0) is 16.1. The fourth-order valence-corrected chi connectivity index (χ4v) is 3.79. The van der Waals surface area contributed by atoms with E-state index >= 15 is 0 Å². The SMILES string of the molecule is CCc1n[nH]c(CC)c1C1[C@H]2CN(C(=O)OC(C)(C)C)C[C@@H]12. The molecule has 122 valence electrons. The second kappa shape index (κ2) is 5.28. The fraction of sp³-hybridized carbons (Fsp3) is 0.765. The number of rotatable bonds is 3. The number of ether oxygens (including phenoxy) is 1. The highest BCUT2D eigenvalue weighted by atomic mass is 16.6. The molecule has 1 N–H and O–H groups in total. The summed E-state index contributed by atoms with van der Waals surface area (Å²) in [5.41, 5.74) is 3.50. The third kappa shape index (κ3) is 2.61. The van der Waals surface area contributed by atoms with Crippen LogP contribution < -0.4 is 0 Å². The van der Waals surface area contributed by atoms with Gasteiger partial charge >= 0.3 is 6.09 Å². The number of nitrogens with one attached hydrogen (secondary N) is 1. The van der Waals surface area contributed by atoms with E-state index in [2.05, 4.69) is 24.0 Å². The lowest BCUT2D eigenvalue weighted by molar-refractivity contribution is 0.0271. The maximum Gasteiger partial charge on any atom is 0.410 e. The first-order valence-corrected chi connectivity index (χ1v) is 8.39. The predicted octanol–water partition coefficient (Wildman–Crippen LogP) is 3.11. The van der Waals surface area contributed by atoms with Crippen LogP contribution >= 0.6 is 0 Å². The maximum atomic E-state index is 12.2. The van der Waals surface area contributed by atoms with E-state index in [0.717, 1.165) is 25.9 Å². The van der Waals surface area contributed by atoms with Crippen molar-refractivity contribution in [2.24, 2.45) is 11.8 Å². The molecule has 2 fully saturated rings. The third-order valence-electron chi connectivity index (χ3n) is 4.83. The van der Waals surface area contributed by atoms with Crippen molar-refractivity contribution >= 4 is 6.09 Å². The second-order valence-corrected chi connectivity index (χ2v) is 7.51. The number of H-pyrrole nitrogens is 1. The Labute approximate surface area is 132 Å². The molecule has 1 aliphatic heterocycles. The van der Waals surface area contributed by atoms with Crippen molar-refractivity contribution in [1.82, 2.24) is 15.1 Å². The standard InChI is InChI=1S/C17H27N3O2/c1-6-12-15(13(7-2)19-18-12)14-10-8-20(9-11(10)14)16(21)22-17(3,4)5/h10-11,14H,6-9H2,1-5H3,(H,18,19)/t10-,11+,14?. The molecule has 1 saturated heterocycles. The molecule has 1 aliphatic carbocycles. The summed E-state index contributed by atoms with van der Waals surface area (Å²) in [7, 11) is 0. The van der Waals surface area contributed by atoms with E-state index < -0.39 is 5.60 Å². The van der Waals surface area contributed by atoms with E-state index in [-0.39, 0.29) is 6.09 Å². The molecule has 5 nitrogen and oxygen atoms in total. The summed E-state index contributed by atoms with van der Waals surface area (Å²) in [6.45, 7) is 11.7. The van der Waals surface area contributed by atoms with Crippen LogP contribution in [0.3, 0.4) is 0 Å². The number of aromatic amines is 1. The van der Waals surface area contributed by atoms with E-state index in [1.54, 1.807) is 0 Å². The Balaban J connectivity index is 1.66. The minimum Gasteiger partial charge on any atom is -0.444 e. The minimum absolute atomic E-state index is 0.169. The van der Waals surface area contributed by atoms with Gasteiger partial charge in [-0.05, 0) is 51.4 Å². The number of amides is 1. The first kappa shape index (κ1) is 15.4. The number of aryl methyl sites for hydroxylation is 2. The molecule has 3 rings (SSSR count). The lowest BCUT2D eigenvalue weighted by Gasteiger charge is -2.26. The van der Waals surface area contributed by atoms with E-state index in [4.69, 9.17) is 4.74 Å². The van der Waals surface area contributed by atoms with Gasteiger partial charge in [-0.1, -0.05) is 13.8 Å². The molecule has 5 heteroatoms. The molecule has 1 aromatic rings. The number of nitrogens with zero attached hydrogens (tertiary/aromatic N) is 2. The van der Waals surface area contributed by atoms with Gasteiger partial charge in [-0.15, -0.1) is 0 Å². The van der Waals surface area contributed by atoms with Crippen molar-refractivity contribution in [2.45, 2.75) is 59.0 Å². The van der Waals surface area contributed by atoms with Gasteiger partial charge in [0.2, 0.25) is 0 Å². The molecule has 0 bridgehead atoms. The molecule has 1 saturated carbocycles. The molecular weight excluding hydrogens is 278 g/mol. The summed E-state index contributed by atoms with van der Waals surface area (Å²) < 4.78 is 5.47. The maximum absolute atomic E-state index is 12.2. The van der Waals surface area contributed by atoms with Crippen molar-refractivity contribution in [3.8, 4) is 0 Å². The first-order chi connectivity index (χ1) is 10.4. The lowest BCUT2D eigenvalue weighted by atomic mass is 10.0. The summed E-state index contributed by atoms with van der Waals surface area (Å²) in [5.74, 6) is 1.75. The van der Waals surface area contributed by atoms with Crippen LogP contribution in [0.2, 0.25) is 0 Å². The van der Waals surface area contributed by atoms with Crippen LogP contribution in [0.5, 0.6) is 0 Å². The molecule has 2 aliphatic rings. The Kier molecular flexibility index (Phi) is 3.69. The van der Waals surface area contributed by atoms with Crippen LogP contribution in [0, 0.1) is 11.8 Å². The number of aromatic nitrogens is 2. The molecule has 0 radical (unpaired) electrons. The van der Waals surface area contributed by atoms with Gasteiger partial charge in [-0.3, -0.25) is 5.10 Å². The van der Waals surface area contributed by atoms with Crippen LogP contribution in [-0.2, 0) is 17.6 Å². The summed E-state index contributed by atoms with van der Waals surface area (Å²) in [5, 5.41) is 7.66. The topological polar surface area (TPSA) is 58.2 Å². The number of piperidine rings is 1. The number of likely N-dealkylation sites (tertiary alicyclic amines) is 1. The van der Waals surface area contributed by atoms with Crippen molar-refractivity contribution in [1.29, 1.82) is 0 Å². The summed E-state index contributed by atoms with van der Waals surface area (Å²) in [4.78, 5) is 14.0. The van der Waals surface area contributed by atoms with Crippen LogP contribution in [0.4, 0.5) is 4.79 Å². The van der Waals surface area contributed by atoms with Gasteiger partial charge in [0.25, 0.3) is 0 Å². The summed E-state index contributed by atoms with van der Waals surface area (Å²) in [6.07, 6.45) is 1.79. The predicted molar refractivity (Wildman–Crippen MR) is 84.9 cm³/mol. The molecule has 1 unspecified atom stereocenters. The zero-order valence-electron chi connectivity index (χ0n) is 14.3. The highest BCUT2D eigenvalue weighted by Crippen LogP contribution is 2.59. The van der Waals surface area contributed by atoms with Gasteiger partial charge in [-0.2, -0.15) is 5.10 Å². The molecule has 1 aromatic heterocycles. The third-order valence-corrected chi connectivity index (χ3v) is 4.83. The molecule has 2 heterocycles. The van der Waals surface area contributed by atoms with Crippen molar-refractivity contribution < 1.29 is 9.53 Å². The van der Waals surface area contributed by atoms with Gasteiger partial charge in [0.05, 0.1) is 5.69 Å². The van der Waals surface area contributed by atoms with Crippen LogP contribution in [0.1, 0.15) is 57.5 Å². The number of carbonyl (C=O) groups is 1. The van der Waals surface area contributed by atoms with Gasteiger partial charge in [-0.25, -0.2) is 4.79 Å². The van der Waals surface area contributed by atoms with E-state index in [0.29, 0.717) is 17.8 Å². The quantitative estimate of drug-likeness (QED) is 0.933. The van der Waals surface area contributed by atoms with E-state index in [1.165, 1.54) is 17.0 Å². The zero-order valence-corrected chi connectivity index (χ0v) is 14.3. The number of hydrogen-bond donors (Lipinski definition) is 1. The Bertz CT molecular complexity index is 539. The van der Waals surface area contributed by atoms with Crippen molar-refractivity contribution in [2.75, 3.05) is 13.1 Å². The fourth-order valence-electron chi connectivity index (χ4n) is 3.79. The highest BCUT2D eigenvalue weighted by molar-refractivity contribution is 5.69. The van der Waals surface area contributed by atoms with Gasteiger partial charge in [0, 0.05) is 24.3 Å². The molecule has 3 atom stereocenters. The lowest BCUT2D eigenvalue weighted by Crippen LogP contribution is -2.36. The number of fused-ring (bicyclic) bond motifs is 1. The molecule has 1 amide bonds. The Morgan fingerprint density at radius 2 is 1.91 bits per heavy atom. The van der Waals surface area contributed by atoms with Crippen LogP contribution in [-0.4, -0.2) is 39.9 Å². The van der Waals surface area contributed by atoms with Crippen LogP contribution in [0.15, 0.2) is 0 Å². The first-order valence-electron chi connectivity index (χ1n) is 8.39. The Hall–Kier alpha value is -1.52. The van der Waals surface area contributed by atoms with Crippen molar-refractivity contribution in [3.05, 3.63) is 17.0 Å². The average Bonchev–Trinajstić information content (AvgIpc) is 2.83. The average molecular weight is 305 g/mol. The van der Waals surface area contributed by atoms with E-state index in [9.17, 15) is 4.79 Å². The van der Waals surface area contributed by atoms with Gasteiger partial charge in [0.1, 0.15) is 5.60 Å². The van der Waals surface area contributed by atoms with Crippen LogP contribution in [0.25, 0.3) is 0 Å². The second-order valence-electron chi connectivity index (χ2n) is 7.51. The molecule has 0 spiro atoms. The minimum atomic E-state index is -0.418. The van der Waals surface area contributed by atoms with Gasteiger partial charge in [0.15, 0.2) is 0 Å². The Morgan fingerprint density at radius 3 is 2.41 bits per heavy atom. The van der Waals surface area contributed by atoms with Gasteiger partial charge < -0.3 is 9.64 Å². The molecule has 0 aromatic carbocycles.